The summed E-state index contributed by atoms with van der Waals surface area (Å²) in [4.78, 5) is 0. The molecule has 3 aromatic rings. The smallest absolute Gasteiger partial charge is 0.0525 e. The van der Waals surface area contributed by atoms with Gasteiger partial charge in [0, 0.05) is 32.5 Å². The van der Waals surface area contributed by atoms with Gasteiger partial charge in [0.25, 0.3) is 0 Å². The summed E-state index contributed by atoms with van der Waals surface area (Å²) in [5.41, 5.74) is 9.55. The third-order valence-electron chi connectivity index (χ3n) is 3.49. The van der Waals surface area contributed by atoms with Crippen LogP contribution in [0.4, 0.5) is 0 Å². The van der Waals surface area contributed by atoms with Crippen LogP contribution in [0.25, 0.3) is 10.9 Å². The van der Waals surface area contributed by atoms with Gasteiger partial charge in [0.05, 0.1) is 11.7 Å². The van der Waals surface area contributed by atoms with E-state index in [1.54, 1.807) is 0 Å². The maximum Gasteiger partial charge on any atom is 0.0525 e. The molecule has 0 radical (unpaired) electrons. The van der Waals surface area contributed by atoms with Crippen LogP contribution in [-0.4, -0.2) is 14.3 Å². The second-order valence-electron chi connectivity index (χ2n) is 4.84. The molecule has 4 heteroatoms. The molecule has 19 heavy (non-hydrogen) atoms. The molecule has 0 unspecified atom stereocenters. The first kappa shape index (κ1) is 12.0. The Balaban J connectivity index is 1.88. The Morgan fingerprint density at radius 3 is 2.89 bits per heavy atom. The van der Waals surface area contributed by atoms with Gasteiger partial charge in [0.1, 0.15) is 0 Å². The van der Waals surface area contributed by atoms with Crippen LogP contribution < -0.4 is 5.73 Å². The van der Waals surface area contributed by atoms with Crippen LogP contribution in [0.3, 0.4) is 0 Å². The van der Waals surface area contributed by atoms with E-state index in [-0.39, 0.29) is 0 Å². The average molecular weight is 254 g/mol. The highest BCUT2D eigenvalue weighted by Gasteiger charge is 2.06. The van der Waals surface area contributed by atoms with Gasteiger partial charge in [-0.3, -0.25) is 4.68 Å². The molecule has 2 aromatic heterocycles. The monoisotopic (exact) mass is 254 g/mol. The molecule has 0 aliphatic rings. The molecule has 0 fully saturated rings. The molecule has 0 spiro atoms. The van der Waals surface area contributed by atoms with E-state index in [4.69, 9.17) is 5.73 Å². The van der Waals surface area contributed by atoms with Gasteiger partial charge < -0.3 is 10.3 Å². The quantitative estimate of drug-likeness (QED) is 0.775. The Labute approximate surface area is 112 Å². The summed E-state index contributed by atoms with van der Waals surface area (Å²) >= 11 is 0. The second kappa shape index (κ2) is 4.90. The molecule has 0 aliphatic heterocycles. The molecule has 2 N–H and O–H groups in total. The molecule has 0 atom stereocenters. The summed E-state index contributed by atoms with van der Waals surface area (Å²) in [6, 6.07) is 8.45. The first-order chi connectivity index (χ1) is 9.28. The number of benzene rings is 1. The molecular formula is C15H18N4. The fourth-order valence-corrected chi connectivity index (χ4v) is 2.54. The van der Waals surface area contributed by atoms with Crippen LogP contribution in [0.2, 0.25) is 0 Å². The summed E-state index contributed by atoms with van der Waals surface area (Å²) in [5, 5.41) is 5.46. The van der Waals surface area contributed by atoms with Crippen LogP contribution in [0.5, 0.6) is 0 Å². The Hall–Kier alpha value is -2.07. The van der Waals surface area contributed by atoms with Gasteiger partial charge >= 0.3 is 0 Å². The van der Waals surface area contributed by atoms with E-state index < -0.39 is 0 Å². The number of aromatic nitrogens is 3. The summed E-state index contributed by atoms with van der Waals surface area (Å²) in [7, 11) is 1.95. The molecule has 0 saturated heterocycles. The Morgan fingerprint density at radius 2 is 2.16 bits per heavy atom. The van der Waals surface area contributed by atoms with Gasteiger partial charge in [-0.1, -0.05) is 18.2 Å². The minimum absolute atomic E-state index is 0.578. The second-order valence-corrected chi connectivity index (χ2v) is 4.84. The summed E-state index contributed by atoms with van der Waals surface area (Å²) < 4.78 is 4.12. The third-order valence-corrected chi connectivity index (χ3v) is 3.49. The third kappa shape index (κ3) is 2.27. The number of hydrogen-bond donors (Lipinski definition) is 1. The number of nitrogens with two attached hydrogens (primary N) is 1. The average Bonchev–Trinajstić information content (AvgIpc) is 3.02. The normalized spacial score (nSPS) is 11.3. The highest BCUT2D eigenvalue weighted by Crippen LogP contribution is 2.20. The van der Waals surface area contributed by atoms with E-state index in [0.29, 0.717) is 6.54 Å². The van der Waals surface area contributed by atoms with Crippen LogP contribution in [0.15, 0.2) is 42.9 Å². The lowest BCUT2D eigenvalue weighted by atomic mass is 10.1. The van der Waals surface area contributed by atoms with Crippen molar-refractivity contribution < 1.29 is 0 Å². The minimum Gasteiger partial charge on any atom is -0.347 e. The van der Waals surface area contributed by atoms with E-state index in [1.807, 2.05) is 17.9 Å². The molecule has 0 bridgehead atoms. The van der Waals surface area contributed by atoms with Crippen molar-refractivity contribution >= 4 is 10.9 Å². The van der Waals surface area contributed by atoms with Crippen molar-refractivity contribution in [1.29, 1.82) is 0 Å². The van der Waals surface area contributed by atoms with E-state index in [2.05, 4.69) is 46.3 Å². The van der Waals surface area contributed by atoms with Crippen molar-refractivity contribution in [3.05, 3.63) is 54.0 Å². The van der Waals surface area contributed by atoms with Gasteiger partial charge in [-0.05, 0) is 29.0 Å². The first-order valence-corrected chi connectivity index (χ1v) is 6.52. The van der Waals surface area contributed by atoms with Crippen LogP contribution in [0.1, 0.15) is 11.1 Å². The van der Waals surface area contributed by atoms with Crippen LogP contribution in [-0.2, 0) is 26.6 Å². The van der Waals surface area contributed by atoms with E-state index >= 15 is 0 Å². The van der Waals surface area contributed by atoms with Crippen molar-refractivity contribution in [2.75, 3.05) is 0 Å². The molecule has 1 aromatic carbocycles. The van der Waals surface area contributed by atoms with Gasteiger partial charge in [-0.2, -0.15) is 5.10 Å². The predicted molar refractivity (Wildman–Crippen MR) is 76.7 cm³/mol. The molecule has 0 saturated carbocycles. The van der Waals surface area contributed by atoms with Gasteiger partial charge in [-0.25, -0.2) is 0 Å². The Morgan fingerprint density at radius 1 is 1.26 bits per heavy atom. The van der Waals surface area contributed by atoms with Crippen molar-refractivity contribution in [3.63, 3.8) is 0 Å². The zero-order valence-electron chi connectivity index (χ0n) is 11.1. The zero-order valence-corrected chi connectivity index (χ0v) is 11.1. The van der Waals surface area contributed by atoms with E-state index in [9.17, 15) is 0 Å². The molecule has 0 aliphatic carbocycles. The van der Waals surface area contributed by atoms with Crippen molar-refractivity contribution in [2.45, 2.75) is 19.5 Å². The lowest BCUT2D eigenvalue weighted by Crippen LogP contribution is -2.04. The summed E-state index contributed by atoms with van der Waals surface area (Å²) in [6.45, 7) is 1.53. The largest absolute Gasteiger partial charge is 0.347 e. The van der Waals surface area contributed by atoms with Gasteiger partial charge in [0.15, 0.2) is 0 Å². The summed E-state index contributed by atoms with van der Waals surface area (Å²) in [6.07, 6.45) is 7.11. The topological polar surface area (TPSA) is 48.8 Å². The zero-order chi connectivity index (χ0) is 13.2. The number of rotatable bonds is 4. The SMILES string of the molecule is Cn1cc(CCn2ccc3cccc(CN)c32)cn1. The molecule has 98 valence electrons. The standard InChI is InChI=1S/C15H18N4/c1-18-11-12(10-17-18)5-7-19-8-6-13-3-2-4-14(9-16)15(13)19/h2-4,6,8,10-11H,5,7,9,16H2,1H3. The summed E-state index contributed by atoms with van der Waals surface area (Å²) in [5.74, 6) is 0. The Kier molecular flexibility index (Phi) is 3.09. The van der Waals surface area contributed by atoms with Crippen molar-refractivity contribution in [1.82, 2.24) is 14.3 Å². The van der Waals surface area contributed by atoms with Gasteiger partial charge in [0.2, 0.25) is 0 Å². The molecule has 2 heterocycles. The number of para-hydroxylation sites is 1. The van der Waals surface area contributed by atoms with Crippen molar-refractivity contribution in [3.8, 4) is 0 Å². The number of aryl methyl sites for hydroxylation is 3. The lowest BCUT2D eigenvalue weighted by Gasteiger charge is -2.08. The maximum absolute atomic E-state index is 5.83. The number of fused-ring (bicyclic) bond motifs is 1. The molecule has 0 amide bonds. The number of nitrogens with zero attached hydrogens (tertiary/aromatic N) is 3. The maximum atomic E-state index is 5.83. The van der Waals surface area contributed by atoms with Gasteiger partial charge in [-0.15, -0.1) is 0 Å². The molecule has 4 nitrogen and oxygen atoms in total. The minimum atomic E-state index is 0.578. The fraction of sp³-hybridized carbons (Fsp3) is 0.267. The molecule has 3 rings (SSSR count). The lowest BCUT2D eigenvalue weighted by molar-refractivity contribution is 0.718. The predicted octanol–water partition coefficient (Wildman–Crippen LogP) is 2.08. The first-order valence-electron chi connectivity index (χ1n) is 6.52. The highest BCUT2D eigenvalue weighted by molar-refractivity contribution is 5.83. The fourth-order valence-electron chi connectivity index (χ4n) is 2.54. The molecular weight excluding hydrogens is 236 g/mol. The highest BCUT2D eigenvalue weighted by atomic mass is 15.2. The van der Waals surface area contributed by atoms with Crippen LogP contribution in [0, 0.1) is 0 Å². The van der Waals surface area contributed by atoms with E-state index in [0.717, 1.165) is 13.0 Å². The van der Waals surface area contributed by atoms with E-state index in [1.165, 1.54) is 22.0 Å². The number of hydrogen-bond acceptors (Lipinski definition) is 2. The Bertz CT molecular complexity index is 693. The van der Waals surface area contributed by atoms with Crippen molar-refractivity contribution in [2.24, 2.45) is 12.8 Å². The van der Waals surface area contributed by atoms with Crippen LogP contribution >= 0.6 is 0 Å².